The molecule has 2 amide bonds. The van der Waals surface area contributed by atoms with Crippen molar-refractivity contribution >= 4 is 34.8 Å². The first-order valence-electron chi connectivity index (χ1n) is 6.99. The monoisotopic (exact) mass is 332 g/mol. The number of thiophene rings is 1. The number of carbonyl (C=O) groups is 3. The Labute approximate surface area is 137 Å². The molecule has 2 rings (SSSR count). The zero-order chi connectivity index (χ0) is 16.7. The lowest BCUT2D eigenvalue weighted by Crippen LogP contribution is -2.32. The Balaban J connectivity index is 1.83. The number of carbonyl (C=O) groups excluding carboxylic acids is 3. The minimum Gasteiger partial charge on any atom is -0.462 e. The molecule has 2 N–H and O–H groups in total. The Kier molecular flexibility index (Phi) is 5.87. The van der Waals surface area contributed by atoms with Crippen molar-refractivity contribution in [2.75, 3.05) is 18.5 Å². The van der Waals surface area contributed by atoms with Gasteiger partial charge in [-0.1, -0.05) is 6.07 Å². The summed E-state index contributed by atoms with van der Waals surface area (Å²) < 4.78 is 4.88. The van der Waals surface area contributed by atoms with E-state index >= 15 is 0 Å². The topological polar surface area (TPSA) is 84.5 Å². The maximum absolute atomic E-state index is 11.8. The molecular formula is C16H16N2O4S. The number of ether oxygens (including phenoxy) is 1. The number of hydrogen-bond donors (Lipinski definition) is 2. The number of nitrogens with one attached hydrogen (secondary N) is 2. The molecule has 6 nitrogen and oxygen atoms in total. The van der Waals surface area contributed by atoms with Crippen LogP contribution in [0.2, 0.25) is 0 Å². The first-order valence-corrected chi connectivity index (χ1v) is 7.87. The summed E-state index contributed by atoms with van der Waals surface area (Å²) in [5, 5.41) is 6.97. The highest BCUT2D eigenvalue weighted by molar-refractivity contribution is 7.12. The molecule has 0 aliphatic carbocycles. The molecule has 120 valence electrons. The molecule has 2 aromatic rings. The molecule has 0 bridgehead atoms. The highest BCUT2D eigenvalue weighted by Gasteiger charge is 2.10. The second-order valence-electron chi connectivity index (χ2n) is 4.51. The quantitative estimate of drug-likeness (QED) is 0.795. The van der Waals surface area contributed by atoms with E-state index in [1.54, 1.807) is 48.7 Å². The van der Waals surface area contributed by atoms with Crippen molar-refractivity contribution < 1.29 is 19.1 Å². The first kappa shape index (κ1) is 16.7. The van der Waals surface area contributed by atoms with Gasteiger partial charge in [0.2, 0.25) is 5.91 Å². The van der Waals surface area contributed by atoms with Crippen LogP contribution in [0.1, 0.15) is 27.0 Å². The number of benzene rings is 1. The van der Waals surface area contributed by atoms with Crippen LogP contribution >= 0.6 is 11.3 Å². The van der Waals surface area contributed by atoms with E-state index < -0.39 is 5.97 Å². The van der Waals surface area contributed by atoms with Crippen molar-refractivity contribution in [3.63, 3.8) is 0 Å². The molecule has 0 aliphatic rings. The third-order valence-corrected chi connectivity index (χ3v) is 3.70. The first-order chi connectivity index (χ1) is 11.1. The highest BCUT2D eigenvalue weighted by Crippen LogP contribution is 2.11. The molecular weight excluding hydrogens is 316 g/mol. The van der Waals surface area contributed by atoms with Crippen molar-refractivity contribution in [2.45, 2.75) is 6.92 Å². The third-order valence-electron chi connectivity index (χ3n) is 2.83. The van der Waals surface area contributed by atoms with E-state index in [4.69, 9.17) is 4.74 Å². The van der Waals surface area contributed by atoms with Gasteiger partial charge in [-0.3, -0.25) is 9.59 Å². The van der Waals surface area contributed by atoms with Gasteiger partial charge in [-0.25, -0.2) is 4.79 Å². The van der Waals surface area contributed by atoms with Crippen LogP contribution in [0, 0.1) is 0 Å². The van der Waals surface area contributed by atoms with Gasteiger partial charge in [-0.05, 0) is 42.6 Å². The fraction of sp³-hybridized carbons (Fsp3) is 0.188. The number of esters is 1. The van der Waals surface area contributed by atoms with Gasteiger partial charge in [-0.15, -0.1) is 11.3 Å². The number of amides is 2. The van der Waals surface area contributed by atoms with E-state index in [9.17, 15) is 14.4 Å². The maximum atomic E-state index is 11.8. The van der Waals surface area contributed by atoms with Crippen molar-refractivity contribution in [1.82, 2.24) is 5.32 Å². The second kappa shape index (κ2) is 8.09. The molecule has 0 radical (unpaired) electrons. The summed E-state index contributed by atoms with van der Waals surface area (Å²) in [6.07, 6.45) is 0. The van der Waals surface area contributed by atoms with E-state index in [0.717, 1.165) is 0 Å². The molecule has 1 aromatic heterocycles. The molecule has 1 heterocycles. The predicted octanol–water partition coefficient (Wildman–Crippen LogP) is 2.29. The summed E-state index contributed by atoms with van der Waals surface area (Å²) in [4.78, 5) is 35.6. The fourth-order valence-corrected chi connectivity index (χ4v) is 2.40. The van der Waals surface area contributed by atoms with Crippen molar-refractivity contribution in [3.05, 3.63) is 52.2 Å². The molecule has 23 heavy (non-hydrogen) atoms. The zero-order valence-electron chi connectivity index (χ0n) is 12.5. The van der Waals surface area contributed by atoms with Crippen LogP contribution in [0.25, 0.3) is 0 Å². The van der Waals surface area contributed by atoms with Gasteiger partial charge in [0.25, 0.3) is 5.91 Å². The number of hydrogen-bond acceptors (Lipinski definition) is 5. The molecule has 0 fully saturated rings. The lowest BCUT2D eigenvalue weighted by atomic mass is 10.2. The van der Waals surface area contributed by atoms with Crippen LogP contribution < -0.4 is 10.6 Å². The summed E-state index contributed by atoms with van der Waals surface area (Å²) in [5.74, 6) is -1.04. The molecule has 0 saturated carbocycles. The van der Waals surface area contributed by atoms with Crippen molar-refractivity contribution in [3.8, 4) is 0 Å². The van der Waals surface area contributed by atoms with E-state index in [2.05, 4.69) is 10.6 Å². The molecule has 7 heteroatoms. The van der Waals surface area contributed by atoms with Crippen molar-refractivity contribution in [1.29, 1.82) is 0 Å². The number of anilines is 1. The minimum absolute atomic E-state index is 0.129. The maximum Gasteiger partial charge on any atom is 0.338 e. The average molecular weight is 332 g/mol. The molecule has 0 saturated heterocycles. The molecule has 0 atom stereocenters. The van der Waals surface area contributed by atoms with Gasteiger partial charge in [0.1, 0.15) is 0 Å². The summed E-state index contributed by atoms with van der Waals surface area (Å²) in [7, 11) is 0. The van der Waals surface area contributed by atoms with Gasteiger partial charge in [0.05, 0.1) is 23.6 Å². The summed E-state index contributed by atoms with van der Waals surface area (Å²) >= 11 is 1.31. The van der Waals surface area contributed by atoms with Crippen molar-refractivity contribution in [2.24, 2.45) is 0 Å². The standard InChI is InChI=1S/C16H16N2O4S/c1-2-22-16(21)11-5-7-12(8-6-11)18-14(19)10-17-15(20)13-4-3-9-23-13/h3-9H,2,10H2,1H3,(H,17,20)(H,18,19). The van der Waals surface area contributed by atoms with Gasteiger partial charge in [0, 0.05) is 5.69 Å². The Morgan fingerprint density at radius 3 is 2.48 bits per heavy atom. The Hall–Kier alpha value is -2.67. The van der Waals surface area contributed by atoms with E-state index in [1.807, 2.05) is 0 Å². The summed E-state index contributed by atoms with van der Waals surface area (Å²) in [6.45, 7) is 1.91. The van der Waals surface area contributed by atoms with E-state index in [0.29, 0.717) is 22.7 Å². The van der Waals surface area contributed by atoms with Gasteiger partial charge in [-0.2, -0.15) is 0 Å². The second-order valence-corrected chi connectivity index (χ2v) is 5.45. The van der Waals surface area contributed by atoms with Gasteiger partial charge in [0.15, 0.2) is 0 Å². The molecule has 0 spiro atoms. The van der Waals surface area contributed by atoms with Crippen LogP contribution in [-0.4, -0.2) is 30.9 Å². The highest BCUT2D eigenvalue weighted by atomic mass is 32.1. The Bertz CT molecular complexity index is 681. The minimum atomic E-state index is -0.409. The average Bonchev–Trinajstić information content (AvgIpc) is 3.08. The van der Waals surface area contributed by atoms with E-state index in [1.165, 1.54) is 11.3 Å². The van der Waals surface area contributed by atoms with Crippen LogP contribution in [0.3, 0.4) is 0 Å². The molecule has 0 unspecified atom stereocenters. The summed E-state index contributed by atoms with van der Waals surface area (Å²) in [6, 6.07) is 9.79. The van der Waals surface area contributed by atoms with E-state index in [-0.39, 0.29) is 18.4 Å². The number of rotatable bonds is 6. The lowest BCUT2D eigenvalue weighted by Gasteiger charge is -2.07. The Morgan fingerprint density at radius 2 is 1.87 bits per heavy atom. The SMILES string of the molecule is CCOC(=O)c1ccc(NC(=O)CNC(=O)c2cccs2)cc1. The van der Waals surface area contributed by atoms with Crippen LogP contribution in [0.15, 0.2) is 41.8 Å². The largest absolute Gasteiger partial charge is 0.462 e. The zero-order valence-corrected chi connectivity index (χ0v) is 13.3. The van der Waals surface area contributed by atoms with Crippen LogP contribution in [-0.2, 0) is 9.53 Å². The molecule has 0 aliphatic heterocycles. The van der Waals surface area contributed by atoms with Crippen LogP contribution in [0.5, 0.6) is 0 Å². The lowest BCUT2D eigenvalue weighted by molar-refractivity contribution is -0.115. The normalized spacial score (nSPS) is 9.96. The fourth-order valence-electron chi connectivity index (χ4n) is 1.76. The van der Waals surface area contributed by atoms with Gasteiger partial charge < -0.3 is 15.4 Å². The Morgan fingerprint density at radius 1 is 1.13 bits per heavy atom. The smallest absolute Gasteiger partial charge is 0.338 e. The molecule has 1 aromatic carbocycles. The third kappa shape index (κ3) is 4.93. The van der Waals surface area contributed by atoms with Gasteiger partial charge >= 0.3 is 5.97 Å². The van der Waals surface area contributed by atoms with Crippen LogP contribution in [0.4, 0.5) is 5.69 Å². The predicted molar refractivity (Wildman–Crippen MR) is 87.7 cm³/mol. The summed E-state index contributed by atoms with van der Waals surface area (Å²) in [5.41, 5.74) is 0.948.